The topological polar surface area (TPSA) is 86.3 Å². The lowest BCUT2D eigenvalue weighted by molar-refractivity contribution is 0.0696. The van der Waals surface area contributed by atoms with Crippen molar-refractivity contribution in [2.75, 3.05) is 4.90 Å². The highest BCUT2D eigenvalue weighted by Crippen LogP contribution is 2.44. The molecule has 1 aliphatic rings. The van der Waals surface area contributed by atoms with Crippen molar-refractivity contribution in [3.05, 3.63) is 107 Å². The molecule has 0 aliphatic carbocycles. The third-order valence-electron chi connectivity index (χ3n) is 5.32. The molecule has 1 aromatic heterocycles. The lowest BCUT2D eigenvalue weighted by atomic mass is 9.96. The van der Waals surface area contributed by atoms with Crippen molar-refractivity contribution in [1.29, 1.82) is 0 Å². The summed E-state index contributed by atoms with van der Waals surface area (Å²) in [5, 5.41) is 16.6. The van der Waals surface area contributed by atoms with Crippen LogP contribution in [0.2, 0.25) is 0 Å². The van der Waals surface area contributed by atoms with Crippen LogP contribution in [0.4, 0.5) is 5.69 Å². The molecule has 0 saturated carbocycles. The number of aromatic carboxylic acids is 1. The number of amides is 1. The maximum absolute atomic E-state index is 13.4. The summed E-state index contributed by atoms with van der Waals surface area (Å²) in [6.45, 7) is 0. The van der Waals surface area contributed by atoms with Gasteiger partial charge in [-0.05, 0) is 29.8 Å². The van der Waals surface area contributed by atoms with Gasteiger partial charge in [0.1, 0.15) is 5.69 Å². The number of carbonyl (C=O) groups is 2. The van der Waals surface area contributed by atoms with Gasteiger partial charge in [0, 0.05) is 16.8 Å². The second kappa shape index (κ2) is 7.00. The van der Waals surface area contributed by atoms with Crippen molar-refractivity contribution >= 4 is 17.6 Å². The van der Waals surface area contributed by atoms with Gasteiger partial charge >= 0.3 is 5.97 Å². The number of benzene rings is 3. The Kier molecular flexibility index (Phi) is 4.17. The van der Waals surface area contributed by atoms with E-state index in [4.69, 9.17) is 0 Å². The number of anilines is 1. The quantitative estimate of drug-likeness (QED) is 0.532. The zero-order valence-corrected chi connectivity index (χ0v) is 15.8. The van der Waals surface area contributed by atoms with Crippen LogP contribution >= 0.6 is 0 Å². The number of carboxylic acid groups (broad SMARTS) is 1. The van der Waals surface area contributed by atoms with Crippen LogP contribution in [-0.2, 0) is 0 Å². The van der Waals surface area contributed by atoms with Crippen molar-refractivity contribution in [3.63, 3.8) is 0 Å². The largest absolute Gasteiger partial charge is 0.478 e. The Hall–Kier alpha value is -4.19. The number of fused-ring (bicyclic) bond motifs is 1. The van der Waals surface area contributed by atoms with Crippen molar-refractivity contribution in [2.24, 2.45) is 0 Å². The Morgan fingerprint density at radius 1 is 0.900 bits per heavy atom. The van der Waals surface area contributed by atoms with E-state index >= 15 is 0 Å². The zero-order valence-electron chi connectivity index (χ0n) is 15.8. The third-order valence-corrected chi connectivity index (χ3v) is 5.32. The van der Waals surface area contributed by atoms with Crippen LogP contribution in [0.15, 0.2) is 84.9 Å². The normalized spacial score (nSPS) is 15.3. The van der Waals surface area contributed by atoms with Gasteiger partial charge in [-0.3, -0.25) is 14.8 Å². The molecular formula is C24H17N3O3. The van der Waals surface area contributed by atoms with E-state index in [1.54, 1.807) is 17.0 Å². The van der Waals surface area contributed by atoms with Crippen molar-refractivity contribution < 1.29 is 14.7 Å². The molecule has 1 amide bonds. The molecule has 0 bridgehead atoms. The van der Waals surface area contributed by atoms with E-state index in [9.17, 15) is 14.7 Å². The molecule has 0 spiro atoms. The van der Waals surface area contributed by atoms with Gasteiger partial charge in [0.05, 0.1) is 17.3 Å². The molecule has 0 saturated heterocycles. The number of rotatable bonds is 4. The van der Waals surface area contributed by atoms with Gasteiger partial charge in [-0.1, -0.05) is 60.7 Å². The predicted octanol–water partition coefficient (Wildman–Crippen LogP) is 4.52. The molecule has 146 valence electrons. The molecule has 5 rings (SSSR count). The van der Waals surface area contributed by atoms with E-state index in [-0.39, 0.29) is 17.5 Å². The predicted molar refractivity (Wildman–Crippen MR) is 113 cm³/mol. The number of carbonyl (C=O) groups excluding carboxylic acids is 1. The maximum Gasteiger partial charge on any atom is 0.335 e. The molecule has 0 fully saturated rings. The summed E-state index contributed by atoms with van der Waals surface area (Å²) in [7, 11) is 0. The maximum atomic E-state index is 13.4. The number of nitrogens with one attached hydrogen (secondary N) is 1. The van der Waals surface area contributed by atoms with Crippen molar-refractivity contribution in [2.45, 2.75) is 6.04 Å². The molecule has 1 aliphatic heterocycles. The van der Waals surface area contributed by atoms with E-state index in [0.29, 0.717) is 11.4 Å². The minimum atomic E-state index is -1.00. The summed E-state index contributed by atoms with van der Waals surface area (Å²) in [5.41, 5.74) is 4.67. The summed E-state index contributed by atoms with van der Waals surface area (Å²) in [5.74, 6) is -1.20. The molecule has 1 unspecified atom stereocenters. The number of hydrogen-bond acceptors (Lipinski definition) is 3. The smallest absolute Gasteiger partial charge is 0.335 e. The fourth-order valence-electron chi connectivity index (χ4n) is 3.94. The molecular weight excluding hydrogens is 378 g/mol. The fourth-order valence-corrected chi connectivity index (χ4v) is 3.94. The Morgan fingerprint density at radius 2 is 1.53 bits per heavy atom. The molecule has 3 aromatic carbocycles. The number of carboxylic acids is 1. The summed E-state index contributed by atoms with van der Waals surface area (Å²) in [6.07, 6.45) is 0. The first-order valence-corrected chi connectivity index (χ1v) is 9.50. The van der Waals surface area contributed by atoms with E-state index in [1.165, 1.54) is 12.1 Å². The van der Waals surface area contributed by atoms with Gasteiger partial charge in [-0.15, -0.1) is 0 Å². The number of hydrogen-bond donors (Lipinski definition) is 2. The van der Waals surface area contributed by atoms with Gasteiger partial charge in [0.2, 0.25) is 0 Å². The van der Waals surface area contributed by atoms with Gasteiger partial charge < -0.3 is 5.11 Å². The standard InChI is InChI=1S/C24H17N3O3/c28-23-21-19(20(25-26-21)15-7-3-1-4-8-15)22(16-9-5-2-6-10-16)27(23)18-13-11-17(12-14-18)24(29)30/h1-14,22H,(H,25,26)(H,29,30). The molecule has 6 nitrogen and oxygen atoms in total. The van der Waals surface area contributed by atoms with Gasteiger partial charge in [0.25, 0.3) is 5.91 Å². The van der Waals surface area contributed by atoms with Gasteiger partial charge in [0.15, 0.2) is 0 Å². The number of nitrogens with zero attached hydrogens (tertiary/aromatic N) is 2. The molecule has 2 heterocycles. The first-order valence-electron chi connectivity index (χ1n) is 9.50. The van der Waals surface area contributed by atoms with E-state index in [1.807, 2.05) is 60.7 Å². The monoisotopic (exact) mass is 395 g/mol. The number of H-pyrrole nitrogens is 1. The second-order valence-corrected chi connectivity index (χ2v) is 7.07. The third kappa shape index (κ3) is 2.78. The van der Waals surface area contributed by atoms with Crippen LogP contribution in [0.25, 0.3) is 11.3 Å². The van der Waals surface area contributed by atoms with Crippen LogP contribution in [0.3, 0.4) is 0 Å². The van der Waals surface area contributed by atoms with Crippen LogP contribution in [-0.4, -0.2) is 27.2 Å². The van der Waals surface area contributed by atoms with Crippen LogP contribution in [0.1, 0.15) is 38.0 Å². The fraction of sp³-hybridized carbons (Fsp3) is 0.0417. The summed E-state index contributed by atoms with van der Waals surface area (Å²) >= 11 is 0. The highest BCUT2D eigenvalue weighted by molar-refractivity contribution is 6.11. The first-order chi connectivity index (χ1) is 14.6. The summed E-state index contributed by atoms with van der Waals surface area (Å²) in [4.78, 5) is 26.3. The second-order valence-electron chi connectivity index (χ2n) is 7.07. The summed E-state index contributed by atoms with van der Waals surface area (Å²) in [6, 6.07) is 25.5. The highest BCUT2D eigenvalue weighted by Gasteiger charge is 2.43. The average molecular weight is 395 g/mol. The molecule has 6 heteroatoms. The molecule has 2 N–H and O–H groups in total. The summed E-state index contributed by atoms with van der Waals surface area (Å²) < 4.78 is 0. The number of aromatic amines is 1. The lowest BCUT2D eigenvalue weighted by Gasteiger charge is -2.26. The van der Waals surface area contributed by atoms with Crippen LogP contribution in [0, 0.1) is 0 Å². The first kappa shape index (κ1) is 17.9. The molecule has 0 radical (unpaired) electrons. The number of aromatic nitrogens is 2. The molecule has 4 aromatic rings. The highest BCUT2D eigenvalue weighted by atomic mass is 16.4. The minimum Gasteiger partial charge on any atom is -0.478 e. The SMILES string of the molecule is O=C(O)c1ccc(N2C(=O)c3[nH]nc(-c4ccccc4)c3C2c2ccccc2)cc1. The minimum absolute atomic E-state index is 0.173. The van der Waals surface area contributed by atoms with Crippen LogP contribution < -0.4 is 4.90 Å². The Labute approximate surface area is 172 Å². The van der Waals surface area contributed by atoms with E-state index in [2.05, 4.69) is 10.2 Å². The molecule has 1 atom stereocenters. The van der Waals surface area contributed by atoms with E-state index in [0.717, 1.165) is 22.4 Å². The Morgan fingerprint density at radius 3 is 2.17 bits per heavy atom. The van der Waals surface area contributed by atoms with Crippen molar-refractivity contribution in [1.82, 2.24) is 10.2 Å². The Balaban J connectivity index is 1.69. The zero-order chi connectivity index (χ0) is 20.7. The average Bonchev–Trinajstić information content (AvgIpc) is 3.34. The van der Waals surface area contributed by atoms with Crippen LogP contribution in [0.5, 0.6) is 0 Å². The Bertz CT molecular complexity index is 1230. The van der Waals surface area contributed by atoms with Gasteiger partial charge in [-0.2, -0.15) is 5.10 Å². The van der Waals surface area contributed by atoms with Gasteiger partial charge in [-0.25, -0.2) is 4.79 Å². The van der Waals surface area contributed by atoms with Crippen molar-refractivity contribution in [3.8, 4) is 11.3 Å². The molecule has 30 heavy (non-hydrogen) atoms. The van der Waals surface area contributed by atoms with E-state index < -0.39 is 5.97 Å². The lowest BCUT2D eigenvalue weighted by Crippen LogP contribution is -2.29.